The minimum atomic E-state index is -1.23. The highest BCUT2D eigenvalue weighted by atomic mass is 19.1. The van der Waals surface area contributed by atoms with Crippen LogP contribution in [-0.4, -0.2) is 24.2 Å². The first-order chi connectivity index (χ1) is 8.95. The average molecular weight is 268 g/mol. The Labute approximate surface area is 113 Å². The first-order valence-corrected chi connectivity index (χ1v) is 6.46. The van der Waals surface area contributed by atoms with E-state index in [-0.39, 0.29) is 18.4 Å². The van der Waals surface area contributed by atoms with Gasteiger partial charge in [-0.15, -0.1) is 0 Å². The van der Waals surface area contributed by atoms with Crippen LogP contribution in [0.4, 0.5) is 9.18 Å². The van der Waals surface area contributed by atoms with E-state index >= 15 is 0 Å². The second-order valence-corrected chi connectivity index (χ2v) is 4.74. The van der Waals surface area contributed by atoms with Crippen LogP contribution in [0.1, 0.15) is 32.3 Å². The molecule has 0 aliphatic rings. The third kappa shape index (κ3) is 5.26. The lowest BCUT2D eigenvalue weighted by Crippen LogP contribution is -2.43. The molecule has 1 aromatic carbocycles. The minimum absolute atomic E-state index is 0.0661. The largest absolute Gasteiger partial charge is 0.384 e. The van der Waals surface area contributed by atoms with Crippen LogP contribution < -0.4 is 10.6 Å². The maximum absolute atomic E-state index is 12.8. The number of rotatable bonds is 6. The van der Waals surface area contributed by atoms with Gasteiger partial charge in [0, 0.05) is 6.54 Å². The Bertz CT molecular complexity index is 404. The van der Waals surface area contributed by atoms with E-state index in [1.807, 2.05) is 6.92 Å². The number of urea groups is 1. The van der Waals surface area contributed by atoms with E-state index in [9.17, 15) is 14.3 Å². The Morgan fingerprint density at radius 1 is 1.32 bits per heavy atom. The summed E-state index contributed by atoms with van der Waals surface area (Å²) in [5.74, 6) is -0.357. The van der Waals surface area contributed by atoms with E-state index in [0.717, 1.165) is 12.8 Å². The van der Waals surface area contributed by atoms with Crippen LogP contribution in [0.3, 0.4) is 0 Å². The van der Waals surface area contributed by atoms with Gasteiger partial charge >= 0.3 is 6.03 Å². The Morgan fingerprint density at radius 3 is 2.53 bits per heavy atom. The molecule has 0 spiro atoms. The molecule has 5 heteroatoms. The van der Waals surface area contributed by atoms with E-state index in [2.05, 4.69) is 10.6 Å². The first kappa shape index (κ1) is 15.4. The van der Waals surface area contributed by atoms with Crippen molar-refractivity contribution in [1.29, 1.82) is 0 Å². The fourth-order valence-electron chi connectivity index (χ4n) is 1.60. The van der Waals surface area contributed by atoms with Gasteiger partial charge < -0.3 is 15.7 Å². The zero-order valence-electron chi connectivity index (χ0n) is 11.4. The molecule has 0 aliphatic heterocycles. The molecule has 0 saturated heterocycles. The van der Waals surface area contributed by atoms with Crippen molar-refractivity contribution in [2.24, 2.45) is 0 Å². The summed E-state index contributed by atoms with van der Waals surface area (Å²) in [7, 11) is 0. The monoisotopic (exact) mass is 268 g/mol. The lowest BCUT2D eigenvalue weighted by atomic mass is 9.96. The Kier molecular flexibility index (Phi) is 5.76. The quantitative estimate of drug-likeness (QED) is 0.692. The van der Waals surface area contributed by atoms with Crippen molar-refractivity contribution in [3.8, 4) is 0 Å². The number of hydrogen-bond donors (Lipinski definition) is 3. The summed E-state index contributed by atoms with van der Waals surface area (Å²) in [4.78, 5) is 11.5. The van der Waals surface area contributed by atoms with Crippen molar-refractivity contribution in [2.75, 3.05) is 13.1 Å². The molecule has 0 radical (unpaired) electrons. The number of carbonyl (C=O) groups excluding carboxylic acids is 1. The Morgan fingerprint density at radius 2 is 1.95 bits per heavy atom. The van der Waals surface area contributed by atoms with Crippen LogP contribution >= 0.6 is 0 Å². The molecule has 0 heterocycles. The average Bonchev–Trinajstić information content (AvgIpc) is 2.37. The standard InChI is InChI=1S/C14H21FN2O2/c1-3-4-9-16-13(18)17-10-14(2,19)11-5-7-12(15)8-6-11/h5-8,19H,3-4,9-10H2,1-2H3,(H2,16,17,18). The van der Waals surface area contributed by atoms with E-state index in [1.165, 1.54) is 24.3 Å². The van der Waals surface area contributed by atoms with Gasteiger partial charge in [-0.05, 0) is 31.0 Å². The van der Waals surface area contributed by atoms with Crippen LogP contribution in [0.5, 0.6) is 0 Å². The molecule has 0 aromatic heterocycles. The molecule has 19 heavy (non-hydrogen) atoms. The predicted molar refractivity (Wildman–Crippen MR) is 72.3 cm³/mol. The van der Waals surface area contributed by atoms with Gasteiger partial charge in [0.2, 0.25) is 0 Å². The van der Waals surface area contributed by atoms with Crippen LogP contribution in [0.2, 0.25) is 0 Å². The Hall–Kier alpha value is -1.62. The summed E-state index contributed by atoms with van der Waals surface area (Å²) in [5, 5.41) is 15.5. The normalized spacial score (nSPS) is 13.7. The summed E-state index contributed by atoms with van der Waals surface area (Å²) in [6.07, 6.45) is 1.93. The lowest BCUT2D eigenvalue weighted by molar-refractivity contribution is 0.0593. The molecule has 0 bridgehead atoms. The smallest absolute Gasteiger partial charge is 0.314 e. The Balaban J connectivity index is 2.46. The summed E-state index contributed by atoms with van der Waals surface area (Å²) < 4.78 is 12.8. The predicted octanol–water partition coefficient (Wildman–Crippen LogP) is 2.13. The van der Waals surface area contributed by atoms with Gasteiger partial charge in [0.25, 0.3) is 0 Å². The number of aliphatic hydroxyl groups is 1. The first-order valence-electron chi connectivity index (χ1n) is 6.46. The highest BCUT2D eigenvalue weighted by Gasteiger charge is 2.23. The summed E-state index contributed by atoms with van der Waals surface area (Å²) in [6, 6.07) is 5.27. The van der Waals surface area contributed by atoms with Gasteiger partial charge in [-0.1, -0.05) is 25.5 Å². The minimum Gasteiger partial charge on any atom is -0.384 e. The molecule has 1 rings (SSSR count). The van der Waals surface area contributed by atoms with Gasteiger partial charge in [0.05, 0.1) is 6.54 Å². The highest BCUT2D eigenvalue weighted by Crippen LogP contribution is 2.19. The van der Waals surface area contributed by atoms with Gasteiger partial charge in [0.15, 0.2) is 0 Å². The maximum Gasteiger partial charge on any atom is 0.314 e. The highest BCUT2D eigenvalue weighted by molar-refractivity contribution is 5.73. The van der Waals surface area contributed by atoms with Crippen molar-refractivity contribution in [1.82, 2.24) is 10.6 Å². The molecule has 0 saturated carbocycles. The maximum atomic E-state index is 12.8. The number of hydrogen-bond acceptors (Lipinski definition) is 2. The SMILES string of the molecule is CCCCNC(=O)NCC(C)(O)c1ccc(F)cc1. The lowest BCUT2D eigenvalue weighted by Gasteiger charge is -2.24. The zero-order valence-corrected chi connectivity index (χ0v) is 11.4. The van der Waals surface area contributed by atoms with E-state index in [1.54, 1.807) is 6.92 Å². The summed E-state index contributed by atoms with van der Waals surface area (Å²) in [5.41, 5.74) is -0.668. The summed E-state index contributed by atoms with van der Waals surface area (Å²) in [6.45, 7) is 4.29. The van der Waals surface area contributed by atoms with Crippen LogP contribution in [0, 0.1) is 5.82 Å². The molecular formula is C14H21FN2O2. The topological polar surface area (TPSA) is 61.4 Å². The third-order valence-electron chi connectivity index (χ3n) is 2.88. The number of amides is 2. The molecule has 1 unspecified atom stereocenters. The van der Waals surface area contributed by atoms with Gasteiger partial charge in [-0.25, -0.2) is 9.18 Å². The number of unbranched alkanes of at least 4 members (excludes halogenated alkanes) is 1. The third-order valence-corrected chi connectivity index (χ3v) is 2.88. The van der Waals surface area contributed by atoms with Crippen molar-refractivity contribution in [3.63, 3.8) is 0 Å². The fourth-order valence-corrected chi connectivity index (χ4v) is 1.60. The second-order valence-electron chi connectivity index (χ2n) is 4.74. The van der Waals surface area contributed by atoms with Gasteiger partial charge in [0.1, 0.15) is 11.4 Å². The fraction of sp³-hybridized carbons (Fsp3) is 0.500. The molecule has 106 valence electrons. The number of carbonyl (C=O) groups is 1. The van der Waals surface area contributed by atoms with Crippen molar-refractivity contribution >= 4 is 6.03 Å². The van der Waals surface area contributed by atoms with Crippen molar-refractivity contribution in [2.45, 2.75) is 32.3 Å². The number of halogens is 1. The van der Waals surface area contributed by atoms with E-state index < -0.39 is 5.60 Å². The summed E-state index contributed by atoms with van der Waals surface area (Å²) >= 11 is 0. The number of nitrogens with one attached hydrogen (secondary N) is 2. The van der Waals surface area contributed by atoms with E-state index in [4.69, 9.17) is 0 Å². The van der Waals surface area contributed by atoms with Crippen LogP contribution in [0.15, 0.2) is 24.3 Å². The molecule has 2 amide bonds. The molecule has 0 fully saturated rings. The molecule has 1 atom stereocenters. The molecule has 0 aliphatic carbocycles. The van der Waals surface area contributed by atoms with Crippen LogP contribution in [-0.2, 0) is 5.60 Å². The van der Waals surface area contributed by atoms with Crippen molar-refractivity contribution in [3.05, 3.63) is 35.6 Å². The molecular weight excluding hydrogens is 247 g/mol. The molecule has 1 aromatic rings. The van der Waals surface area contributed by atoms with Crippen LogP contribution in [0.25, 0.3) is 0 Å². The molecule has 3 N–H and O–H groups in total. The van der Waals surface area contributed by atoms with Crippen molar-refractivity contribution < 1.29 is 14.3 Å². The number of benzene rings is 1. The second kappa shape index (κ2) is 7.09. The van der Waals surface area contributed by atoms with Gasteiger partial charge in [-0.2, -0.15) is 0 Å². The van der Waals surface area contributed by atoms with E-state index in [0.29, 0.717) is 12.1 Å². The zero-order chi connectivity index (χ0) is 14.3. The van der Waals surface area contributed by atoms with Gasteiger partial charge in [-0.3, -0.25) is 0 Å². The molecule has 4 nitrogen and oxygen atoms in total.